The highest BCUT2D eigenvalue weighted by atomic mass is 32.2. The van der Waals surface area contributed by atoms with Crippen molar-refractivity contribution in [3.05, 3.63) is 23.8 Å². The molecule has 2 N–H and O–H groups in total. The van der Waals surface area contributed by atoms with Crippen molar-refractivity contribution in [1.29, 1.82) is 0 Å². The number of aliphatic carboxylic acids is 1. The minimum Gasteiger partial charge on any atom is -0.493 e. The number of methoxy groups -OCH3 is 1. The third-order valence-corrected chi connectivity index (χ3v) is 4.11. The number of carboxylic acid groups (broad SMARTS) is 1. The molecule has 0 aliphatic carbocycles. The zero-order chi connectivity index (χ0) is 18.4. The number of carbonyl (C=O) groups is 2. The van der Waals surface area contributed by atoms with Gasteiger partial charge in [0, 0.05) is 0 Å². The van der Waals surface area contributed by atoms with Gasteiger partial charge < -0.3 is 19.9 Å². The Hall–Kier alpha value is -2.55. The van der Waals surface area contributed by atoms with Crippen LogP contribution in [0.4, 0.5) is 0 Å². The molecule has 1 aromatic carbocycles. The molecule has 0 radical (unpaired) electrons. The molecule has 1 saturated heterocycles. The molecule has 1 heterocycles. The summed E-state index contributed by atoms with van der Waals surface area (Å²) in [4.78, 5) is 22.3. The van der Waals surface area contributed by atoms with Crippen LogP contribution < -0.4 is 14.8 Å². The summed E-state index contributed by atoms with van der Waals surface area (Å²) >= 11 is 1.05. The molecule has 8 nitrogen and oxygen atoms in total. The number of amides is 1. The molecule has 2 rings (SSSR count). The van der Waals surface area contributed by atoms with Crippen LogP contribution in [-0.2, 0) is 9.59 Å². The number of carboxylic acids is 1. The summed E-state index contributed by atoms with van der Waals surface area (Å²) < 4.78 is 10.9. The Balaban J connectivity index is 2.04. The molecule has 1 aromatic rings. The SMILES string of the molecule is COc1cc(C=NN=C2NC(=O)C(CC(=O)O)S2)ccc1OC(C)C. The van der Waals surface area contributed by atoms with Crippen LogP contribution in [0.2, 0.25) is 0 Å². The minimum atomic E-state index is -1.03. The van der Waals surface area contributed by atoms with E-state index in [1.54, 1.807) is 25.3 Å². The number of nitrogens with one attached hydrogen (secondary N) is 1. The first-order valence-corrected chi connectivity index (χ1v) is 8.42. The third kappa shape index (κ3) is 5.49. The van der Waals surface area contributed by atoms with E-state index in [1.165, 1.54) is 6.21 Å². The van der Waals surface area contributed by atoms with Crippen LogP contribution in [0.15, 0.2) is 28.4 Å². The molecule has 1 atom stereocenters. The molecule has 9 heteroatoms. The predicted molar refractivity (Wildman–Crippen MR) is 95.6 cm³/mol. The van der Waals surface area contributed by atoms with E-state index >= 15 is 0 Å². The molecule has 1 amide bonds. The highest BCUT2D eigenvalue weighted by Gasteiger charge is 2.32. The number of hydrogen-bond donors (Lipinski definition) is 2. The monoisotopic (exact) mass is 365 g/mol. The van der Waals surface area contributed by atoms with E-state index in [9.17, 15) is 9.59 Å². The van der Waals surface area contributed by atoms with Crippen LogP contribution in [0.25, 0.3) is 0 Å². The van der Waals surface area contributed by atoms with Crippen molar-refractivity contribution in [2.24, 2.45) is 10.2 Å². The fraction of sp³-hybridized carbons (Fsp3) is 0.375. The molecule has 0 saturated carbocycles. The van der Waals surface area contributed by atoms with Crippen molar-refractivity contribution in [2.45, 2.75) is 31.6 Å². The molecule has 0 bridgehead atoms. The zero-order valence-electron chi connectivity index (χ0n) is 14.1. The number of carbonyl (C=O) groups excluding carboxylic acids is 1. The predicted octanol–water partition coefficient (Wildman–Crippen LogP) is 1.88. The Morgan fingerprint density at radius 3 is 2.84 bits per heavy atom. The molecule has 1 unspecified atom stereocenters. The summed E-state index contributed by atoms with van der Waals surface area (Å²) in [5.41, 5.74) is 0.744. The molecule has 134 valence electrons. The Morgan fingerprint density at radius 1 is 1.44 bits per heavy atom. The van der Waals surface area contributed by atoms with Gasteiger partial charge in [0.15, 0.2) is 16.7 Å². The molecule has 25 heavy (non-hydrogen) atoms. The second-order valence-corrected chi connectivity index (χ2v) is 6.61. The maximum atomic E-state index is 11.6. The van der Waals surface area contributed by atoms with E-state index in [2.05, 4.69) is 15.5 Å². The number of amidine groups is 1. The molecule has 1 aliphatic rings. The van der Waals surface area contributed by atoms with Crippen molar-refractivity contribution in [2.75, 3.05) is 7.11 Å². The molecule has 1 aliphatic heterocycles. The van der Waals surface area contributed by atoms with E-state index in [0.29, 0.717) is 11.5 Å². The number of thioether (sulfide) groups is 1. The van der Waals surface area contributed by atoms with Gasteiger partial charge in [0.2, 0.25) is 5.91 Å². The Bertz CT molecular complexity index is 718. The van der Waals surface area contributed by atoms with Gasteiger partial charge in [-0.2, -0.15) is 5.10 Å². The van der Waals surface area contributed by atoms with E-state index in [4.69, 9.17) is 14.6 Å². The van der Waals surface area contributed by atoms with Crippen molar-refractivity contribution in [3.63, 3.8) is 0 Å². The molecular formula is C16H19N3O5S. The van der Waals surface area contributed by atoms with Gasteiger partial charge in [0.1, 0.15) is 5.25 Å². The summed E-state index contributed by atoms with van der Waals surface area (Å²) in [5.74, 6) is -0.196. The Kier molecular flexibility index (Phi) is 6.40. The standard InChI is InChI=1S/C16H19N3O5S/c1-9(2)24-11-5-4-10(6-12(11)23-3)8-17-19-16-18-15(22)13(25-16)7-14(20)21/h4-6,8-9,13H,7H2,1-3H3,(H,20,21)(H,18,19,22). The second kappa shape index (κ2) is 8.52. The van der Waals surface area contributed by atoms with E-state index in [0.717, 1.165) is 17.3 Å². The lowest BCUT2D eigenvalue weighted by atomic mass is 10.2. The van der Waals surface area contributed by atoms with Crippen LogP contribution >= 0.6 is 11.8 Å². The summed E-state index contributed by atoms with van der Waals surface area (Å²) in [5, 5.41) is 18.7. The van der Waals surface area contributed by atoms with Crippen molar-refractivity contribution in [3.8, 4) is 11.5 Å². The Labute approximate surface area is 149 Å². The first-order chi connectivity index (χ1) is 11.9. The van der Waals surface area contributed by atoms with Gasteiger partial charge in [0.25, 0.3) is 0 Å². The number of rotatable bonds is 7. The molecule has 0 spiro atoms. The maximum Gasteiger partial charge on any atom is 0.305 e. The minimum absolute atomic E-state index is 0.0292. The molecular weight excluding hydrogens is 346 g/mol. The third-order valence-electron chi connectivity index (χ3n) is 3.04. The van der Waals surface area contributed by atoms with E-state index in [-0.39, 0.29) is 23.6 Å². The van der Waals surface area contributed by atoms with Crippen LogP contribution in [0, 0.1) is 0 Å². The quantitative estimate of drug-likeness (QED) is 0.564. The molecule has 0 aromatic heterocycles. The average Bonchev–Trinajstić information content (AvgIpc) is 2.87. The summed E-state index contributed by atoms with van der Waals surface area (Å²) in [6.07, 6.45) is 1.28. The zero-order valence-corrected chi connectivity index (χ0v) is 14.9. The van der Waals surface area contributed by atoms with Gasteiger partial charge >= 0.3 is 5.97 Å². The van der Waals surface area contributed by atoms with Gasteiger partial charge in [-0.15, -0.1) is 5.10 Å². The number of hydrogen-bond acceptors (Lipinski definition) is 7. The highest BCUT2D eigenvalue weighted by Crippen LogP contribution is 2.28. The lowest BCUT2D eigenvalue weighted by Crippen LogP contribution is -2.26. The van der Waals surface area contributed by atoms with Crippen LogP contribution in [0.5, 0.6) is 11.5 Å². The number of nitrogens with zero attached hydrogens (tertiary/aromatic N) is 2. The van der Waals surface area contributed by atoms with Gasteiger partial charge in [-0.25, -0.2) is 0 Å². The van der Waals surface area contributed by atoms with Crippen LogP contribution in [-0.4, -0.2) is 46.8 Å². The van der Waals surface area contributed by atoms with Gasteiger partial charge in [-0.05, 0) is 37.6 Å². The van der Waals surface area contributed by atoms with Gasteiger partial charge in [0.05, 0.1) is 25.8 Å². The summed E-state index contributed by atoms with van der Waals surface area (Å²) in [6.45, 7) is 3.85. The van der Waals surface area contributed by atoms with Gasteiger partial charge in [-0.1, -0.05) is 11.8 Å². The van der Waals surface area contributed by atoms with E-state index in [1.807, 2.05) is 13.8 Å². The number of ether oxygens (including phenoxy) is 2. The largest absolute Gasteiger partial charge is 0.493 e. The van der Waals surface area contributed by atoms with Crippen LogP contribution in [0.3, 0.4) is 0 Å². The van der Waals surface area contributed by atoms with Crippen LogP contribution in [0.1, 0.15) is 25.8 Å². The smallest absolute Gasteiger partial charge is 0.305 e. The topological polar surface area (TPSA) is 110 Å². The van der Waals surface area contributed by atoms with E-state index < -0.39 is 11.2 Å². The summed E-state index contributed by atoms with van der Waals surface area (Å²) in [7, 11) is 1.55. The lowest BCUT2D eigenvalue weighted by molar-refractivity contribution is -0.138. The van der Waals surface area contributed by atoms with Crippen molar-refractivity contribution >= 4 is 35.0 Å². The highest BCUT2D eigenvalue weighted by molar-refractivity contribution is 8.15. The summed E-state index contributed by atoms with van der Waals surface area (Å²) in [6, 6.07) is 5.34. The fourth-order valence-corrected chi connectivity index (χ4v) is 2.92. The normalized spacial score (nSPS) is 18.8. The average molecular weight is 365 g/mol. The first kappa shape index (κ1) is 18.8. The van der Waals surface area contributed by atoms with Gasteiger partial charge in [-0.3, -0.25) is 9.59 Å². The molecule has 1 fully saturated rings. The first-order valence-electron chi connectivity index (χ1n) is 7.54. The maximum absolute atomic E-state index is 11.6. The number of benzene rings is 1. The lowest BCUT2D eigenvalue weighted by Gasteiger charge is -2.13. The van der Waals surface area contributed by atoms with Crippen molar-refractivity contribution < 1.29 is 24.2 Å². The van der Waals surface area contributed by atoms with Crippen molar-refractivity contribution in [1.82, 2.24) is 5.32 Å². The second-order valence-electron chi connectivity index (χ2n) is 5.42. The Morgan fingerprint density at radius 2 is 2.20 bits per heavy atom. The fourth-order valence-electron chi connectivity index (χ4n) is 2.01.